The summed E-state index contributed by atoms with van der Waals surface area (Å²) in [6.45, 7) is -0.470. The number of carbonyl (C=O) groups excluding carboxylic acids is 3. The lowest BCUT2D eigenvalue weighted by molar-refractivity contribution is -0.384. The minimum Gasteiger partial charge on any atom is -0.325 e. The number of nitrogens with one attached hydrogen (secondary N) is 1. The zero-order valence-corrected chi connectivity index (χ0v) is 19.2. The van der Waals surface area contributed by atoms with Crippen LogP contribution in [0.5, 0.6) is 0 Å². The molecule has 1 heterocycles. The molecule has 1 saturated heterocycles. The average molecular weight is 578 g/mol. The van der Waals surface area contributed by atoms with Gasteiger partial charge in [-0.3, -0.25) is 29.4 Å². The molecule has 1 fully saturated rings. The van der Waals surface area contributed by atoms with Crippen molar-refractivity contribution in [1.82, 2.24) is 4.90 Å². The molecule has 1 aliphatic heterocycles. The second-order valence-electron chi connectivity index (χ2n) is 5.91. The summed E-state index contributed by atoms with van der Waals surface area (Å²) in [5, 5.41) is 13.0. The summed E-state index contributed by atoms with van der Waals surface area (Å²) < 4.78 is 0.989. The normalized spacial score (nSPS) is 15.0. The highest BCUT2D eigenvalue weighted by atomic mass is 127. The van der Waals surface area contributed by atoms with Crippen LogP contribution in [0.15, 0.2) is 41.3 Å². The summed E-state index contributed by atoms with van der Waals surface area (Å²) in [4.78, 5) is 48.2. The maximum Gasteiger partial charge on any atom is 0.294 e. The van der Waals surface area contributed by atoms with Crippen LogP contribution >= 0.6 is 57.6 Å². The van der Waals surface area contributed by atoms with Crippen molar-refractivity contribution in [3.8, 4) is 0 Å². The van der Waals surface area contributed by atoms with Crippen LogP contribution in [0, 0.1) is 13.7 Å². The first kappa shape index (κ1) is 22.5. The standard InChI is InChI=1S/C18H10Cl2IN3O5S/c19-12-7-13(20)14(24(28)29)5-9(12)6-15-17(26)23(18(27)30-15)8-16(25)22-11-3-1-10(21)2-4-11/h1-7H,8H2,(H,22,25)/b15-6-. The number of anilines is 1. The number of amides is 3. The minimum absolute atomic E-state index is 0.0133. The largest absolute Gasteiger partial charge is 0.325 e. The summed E-state index contributed by atoms with van der Waals surface area (Å²) in [5.41, 5.74) is 0.299. The van der Waals surface area contributed by atoms with E-state index in [0.717, 1.165) is 14.5 Å². The van der Waals surface area contributed by atoms with Crippen LogP contribution < -0.4 is 5.32 Å². The van der Waals surface area contributed by atoms with Crippen molar-refractivity contribution in [3.63, 3.8) is 0 Å². The molecule has 0 atom stereocenters. The first-order valence-corrected chi connectivity index (χ1v) is 10.7. The lowest BCUT2D eigenvalue weighted by Crippen LogP contribution is -2.36. The van der Waals surface area contributed by atoms with Gasteiger partial charge in [0.15, 0.2) is 0 Å². The van der Waals surface area contributed by atoms with Gasteiger partial charge in [0.05, 0.1) is 9.83 Å². The second-order valence-corrected chi connectivity index (χ2v) is 8.96. The maximum atomic E-state index is 12.6. The van der Waals surface area contributed by atoms with Crippen LogP contribution in [0.4, 0.5) is 16.2 Å². The SMILES string of the molecule is O=C(CN1C(=O)S/C(=C\c2cc([N+](=O)[O-])c(Cl)cc2Cl)C1=O)Nc1ccc(I)cc1. The number of hydrogen-bond donors (Lipinski definition) is 1. The Morgan fingerprint density at radius 1 is 1.20 bits per heavy atom. The topological polar surface area (TPSA) is 110 Å². The lowest BCUT2D eigenvalue weighted by Gasteiger charge is -2.12. The Morgan fingerprint density at radius 3 is 2.50 bits per heavy atom. The smallest absolute Gasteiger partial charge is 0.294 e. The fourth-order valence-electron chi connectivity index (χ4n) is 2.46. The first-order chi connectivity index (χ1) is 14.2. The van der Waals surface area contributed by atoms with Crippen LogP contribution in [0.1, 0.15) is 5.56 Å². The molecule has 154 valence electrons. The number of thioether (sulfide) groups is 1. The Morgan fingerprint density at radius 2 is 1.87 bits per heavy atom. The molecule has 0 saturated carbocycles. The third-order valence-electron chi connectivity index (χ3n) is 3.85. The second kappa shape index (κ2) is 9.33. The van der Waals surface area contributed by atoms with E-state index in [1.807, 2.05) is 0 Å². The lowest BCUT2D eigenvalue weighted by atomic mass is 10.2. The van der Waals surface area contributed by atoms with E-state index in [4.69, 9.17) is 23.2 Å². The molecule has 0 unspecified atom stereocenters. The minimum atomic E-state index is -0.698. The molecule has 3 amide bonds. The highest BCUT2D eigenvalue weighted by Gasteiger charge is 2.36. The molecular formula is C18H10Cl2IN3O5S. The molecule has 0 spiro atoms. The molecule has 1 N–H and O–H groups in total. The molecule has 0 aromatic heterocycles. The number of imide groups is 1. The Labute approximate surface area is 197 Å². The molecule has 8 nitrogen and oxygen atoms in total. The van der Waals surface area contributed by atoms with Gasteiger partial charge in [0.2, 0.25) is 5.91 Å². The molecule has 0 aliphatic carbocycles. The number of hydrogen-bond acceptors (Lipinski definition) is 6. The average Bonchev–Trinajstić information content (AvgIpc) is 2.93. The summed E-state index contributed by atoms with van der Waals surface area (Å²) in [6.07, 6.45) is 1.26. The molecule has 1 aliphatic rings. The van der Waals surface area contributed by atoms with Crippen molar-refractivity contribution in [2.45, 2.75) is 0 Å². The van der Waals surface area contributed by atoms with E-state index in [2.05, 4.69) is 27.9 Å². The summed E-state index contributed by atoms with van der Waals surface area (Å²) in [7, 11) is 0. The quantitative estimate of drug-likeness (QED) is 0.227. The van der Waals surface area contributed by atoms with Crippen LogP contribution in [0.3, 0.4) is 0 Å². The zero-order chi connectivity index (χ0) is 22.0. The molecule has 2 aromatic rings. The van der Waals surface area contributed by atoms with E-state index < -0.39 is 28.5 Å². The van der Waals surface area contributed by atoms with Crippen molar-refractivity contribution < 1.29 is 19.3 Å². The highest BCUT2D eigenvalue weighted by Crippen LogP contribution is 2.36. The fourth-order valence-corrected chi connectivity index (χ4v) is 4.15. The third-order valence-corrected chi connectivity index (χ3v) is 6.11. The van der Waals surface area contributed by atoms with E-state index in [1.54, 1.807) is 24.3 Å². The monoisotopic (exact) mass is 577 g/mol. The molecule has 12 heteroatoms. The van der Waals surface area contributed by atoms with E-state index >= 15 is 0 Å². The van der Waals surface area contributed by atoms with E-state index in [-0.39, 0.29) is 26.2 Å². The van der Waals surface area contributed by atoms with E-state index in [9.17, 15) is 24.5 Å². The Hall–Kier alpha value is -2.15. The van der Waals surface area contributed by atoms with Gasteiger partial charge in [-0.1, -0.05) is 23.2 Å². The Balaban J connectivity index is 1.77. The molecule has 30 heavy (non-hydrogen) atoms. The van der Waals surface area contributed by atoms with Crippen molar-refractivity contribution in [2.24, 2.45) is 0 Å². The Kier molecular flexibility index (Phi) is 7.01. The van der Waals surface area contributed by atoms with Crippen LogP contribution in [-0.4, -0.2) is 33.4 Å². The zero-order valence-electron chi connectivity index (χ0n) is 14.7. The van der Waals surface area contributed by atoms with Gasteiger partial charge in [0.25, 0.3) is 16.8 Å². The van der Waals surface area contributed by atoms with Gasteiger partial charge in [-0.2, -0.15) is 0 Å². The van der Waals surface area contributed by atoms with Gasteiger partial charge in [-0.05, 0) is 70.8 Å². The van der Waals surface area contributed by atoms with Gasteiger partial charge in [0, 0.05) is 25.9 Å². The first-order valence-electron chi connectivity index (χ1n) is 8.10. The van der Waals surface area contributed by atoms with Gasteiger partial charge in [0.1, 0.15) is 11.6 Å². The van der Waals surface area contributed by atoms with Crippen LogP contribution in [-0.2, 0) is 9.59 Å². The molecule has 0 bridgehead atoms. The van der Waals surface area contributed by atoms with Crippen molar-refractivity contribution >= 4 is 92.1 Å². The number of carbonyl (C=O) groups is 3. The third kappa shape index (κ3) is 5.12. The van der Waals surface area contributed by atoms with Crippen LogP contribution in [0.25, 0.3) is 6.08 Å². The predicted molar refractivity (Wildman–Crippen MR) is 124 cm³/mol. The number of halogens is 3. The summed E-state index contributed by atoms with van der Waals surface area (Å²) in [6, 6.07) is 9.29. The number of benzene rings is 2. The van der Waals surface area contributed by atoms with Crippen LogP contribution in [0.2, 0.25) is 10.0 Å². The van der Waals surface area contributed by atoms with E-state index in [0.29, 0.717) is 17.4 Å². The molecule has 2 aromatic carbocycles. The summed E-state index contributed by atoms with van der Waals surface area (Å²) >= 11 is 14.6. The number of nitro benzene ring substituents is 1. The van der Waals surface area contributed by atoms with Crippen molar-refractivity contribution in [2.75, 3.05) is 11.9 Å². The van der Waals surface area contributed by atoms with E-state index in [1.165, 1.54) is 12.1 Å². The van der Waals surface area contributed by atoms with Gasteiger partial charge >= 0.3 is 0 Å². The predicted octanol–water partition coefficient (Wildman–Crippen LogP) is 5.18. The molecule has 3 rings (SSSR count). The number of nitrogens with zero attached hydrogens (tertiary/aromatic N) is 2. The Bertz CT molecular complexity index is 1110. The fraction of sp³-hybridized carbons (Fsp3) is 0.0556. The number of nitro groups is 1. The number of rotatable bonds is 5. The van der Waals surface area contributed by atoms with Gasteiger partial charge < -0.3 is 5.32 Å². The molecular weight excluding hydrogens is 568 g/mol. The van der Waals surface area contributed by atoms with Crippen molar-refractivity contribution in [1.29, 1.82) is 0 Å². The highest BCUT2D eigenvalue weighted by molar-refractivity contribution is 14.1. The summed E-state index contributed by atoms with van der Waals surface area (Å²) in [5.74, 6) is -1.24. The van der Waals surface area contributed by atoms with Gasteiger partial charge in [-0.25, -0.2) is 0 Å². The van der Waals surface area contributed by atoms with Crippen molar-refractivity contribution in [3.05, 3.63) is 70.6 Å². The molecule has 0 radical (unpaired) electrons. The van der Waals surface area contributed by atoms with Gasteiger partial charge in [-0.15, -0.1) is 0 Å². The maximum absolute atomic E-state index is 12.6.